The molecule has 2 N–H and O–H groups in total. The van der Waals surface area contributed by atoms with Crippen LogP contribution in [0.2, 0.25) is 0 Å². The van der Waals surface area contributed by atoms with Gasteiger partial charge in [-0.15, -0.1) is 0 Å². The normalized spacial score (nSPS) is 11.0. The molecule has 0 aliphatic rings. The van der Waals surface area contributed by atoms with Crippen molar-refractivity contribution >= 4 is 12.3 Å². The number of benzene rings is 2. The highest BCUT2D eigenvalue weighted by atomic mass is 16.5. The summed E-state index contributed by atoms with van der Waals surface area (Å²) in [5.41, 5.74) is 3.00. The molecule has 0 aromatic heterocycles. The molecule has 0 fully saturated rings. The lowest BCUT2D eigenvalue weighted by Gasteiger charge is -2.16. The van der Waals surface area contributed by atoms with Gasteiger partial charge in [-0.1, -0.05) is 49.4 Å². The summed E-state index contributed by atoms with van der Waals surface area (Å²) < 4.78 is 10.2. The minimum Gasteiger partial charge on any atom is -0.380 e. The summed E-state index contributed by atoms with van der Waals surface area (Å²) in [6.45, 7) is 5.30. The predicted octanol–water partition coefficient (Wildman–Crippen LogP) is 2.92. The maximum atomic E-state index is 11.9. The quantitative estimate of drug-likeness (QED) is 0.486. The average Bonchev–Trinajstić information content (AvgIpc) is 2.74. The van der Waals surface area contributed by atoms with E-state index in [-0.39, 0.29) is 12.5 Å². The van der Waals surface area contributed by atoms with E-state index in [0.29, 0.717) is 25.2 Å². The predicted molar refractivity (Wildman–Crippen MR) is 110 cm³/mol. The van der Waals surface area contributed by atoms with Crippen LogP contribution in [-0.2, 0) is 27.3 Å². The highest BCUT2D eigenvalue weighted by Gasteiger charge is 2.10. The Kier molecular flexibility index (Phi) is 12.0. The first kappa shape index (κ1) is 23.3. The maximum absolute atomic E-state index is 11.9. The summed E-state index contributed by atoms with van der Waals surface area (Å²) in [6, 6.07) is 17.5. The molecule has 2 amide bonds. The molecule has 0 saturated heterocycles. The fourth-order valence-corrected chi connectivity index (χ4v) is 2.36. The fourth-order valence-electron chi connectivity index (χ4n) is 2.36. The van der Waals surface area contributed by atoms with E-state index < -0.39 is 6.23 Å². The number of rotatable bonds is 10. The van der Waals surface area contributed by atoms with Crippen molar-refractivity contribution in [2.75, 3.05) is 20.3 Å². The topological polar surface area (TPSA) is 76.7 Å². The van der Waals surface area contributed by atoms with Crippen molar-refractivity contribution in [1.29, 1.82) is 0 Å². The van der Waals surface area contributed by atoms with Crippen LogP contribution in [0.1, 0.15) is 35.3 Å². The smallest absolute Gasteiger partial charge is 0.251 e. The van der Waals surface area contributed by atoms with E-state index in [4.69, 9.17) is 9.47 Å². The zero-order chi connectivity index (χ0) is 20.6. The molecule has 6 nitrogen and oxygen atoms in total. The second kappa shape index (κ2) is 14.4. The van der Waals surface area contributed by atoms with Gasteiger partial charge in [-0.05, 0) is 36.6 Å². The molecule has 0 spiro atoms. The molecule has 0 aliphatic heterocycles. The Morgan fingerprint density at radius 2 is 1.71 bits per heavy atom. The van der Waals surface area contributed by atoms with Gasteiger partial charge in [-0.3, -0.25) is 9.59 Å². The molecule has 0 bridgehead atoms. The third-order valence-corrected chi connectivity index (χ3v) is 3.85. The molecule has 0 saturated carbocycles. The third-order valence-electron chi connectivity index (χ3n) is 3.85. The van der Waals surface area contributed by atoms with E-state index in [1.165, 1.54) is 11.1 Å². The van der Waals surface area contributed by atoms with Crippen LogP contribution in [0, 0.1) is 0 Å². The zero-order valence-electron chi connectivity index (χ0n) is 16.8. The highest BCUT2D eigenvalue weighted by molar-refractivity contribution is 5.94. The van der Waals surface area contributed by atoms with Crippen molar-refractivity contribution in [3.05, 3.63) is 71.3 Å². The average molecular weight is 386 g/mol. The second-order valence-electron chi connectivity index (χ2n) is 5.91. The Morgan fingerprint density at radius 3 is 2.25 bits per heavy atom. The lowest BCUT2D eigenvalue weighted by molar-refractivity contribution is -0.113. The molecule has 152 valence electrons. The number of hydrogen-bond acceptors (Lipinski definition) is 4. The van der Waals surface area contributed by atoms with E-state index in [2.05, 4.69) is 17.6 Å². The fraction of sp³-hybridized carbons (Fsp3) is 0.364. The first-order chi connectivity index (χ1) is 13.6. The molecule has 1 atom stereocenters. The SMILES string of the molecule is CCOC(CNC(=O)c1ccc(CC)cc1)NC=O.COCc1ccccc1. The van der Waals surface area contributed by atoms with Crippen LogP contribution < -0.4 is 10.6 Å². The minimum absolute atomic E-state index is 0.181. The van der Waals surface area contributed by atoms with E-state index in [0.717, 1.165) is 6.42 Å². The molecule has 2 rings (SSSR count). The Balaban J connectivity index is 0.000000362. The van der Waals surface area contributed by atoms with Crippen LogP contribution in [0.3, 0.4) is 0 Å². The van der Waals surface area contributed by atoms with E-state index in [9.17, 15) is 9.59 Å². The molecule has 2 aromatic carbocycles. The van der Waals surface area contributed by atoms with Gasteiger partial charge in [0.15, 0.2) is 0 Å². The summed E-state index contributed by atoms with van der Waals surface area (Å²) in [5.74, 6) is -0.181. The van der Waals surface area contributed by atoms with Crippen LogP contribution in [0.15, 0.2) is 54.6 Å². The molecule has 0 aliphatic carbocycles. The maximum Gasteiger partial charge on any atom is 0.251 e. The second-order valence-corrected chi connectivity index (χ2v) is 5.91. The van der Waals surface area contributed by atoms with Gasteiger partial charge in [0, 0.05) is 19.3 Å². The summed E-state index contributed by atoms with van der Waals surface area (Å²) >= 11 is 0. The van der Waals surface area contributed by atoms with E-state index in [1.807, 2.05) is 49.4 Å². The molecule has 0 heterocycles. The van der Waals surface area contributed by atoms with Crippen LogP contribution in [0.4, 0.5) is 0 Å². The van der Waals surface area contributed by atoms with Crippen LogP contribution in [0.5, 0.6) is 0 Å². The Bertz CT molecular complexity index is 675. The number of aryl methyl sites for hydroxylation is 1. The Labute approximate surface area is 167 Å². The van der Waals surface area contributed by atoms with Crippen molar-refractivity contribution in [1.82, 2.24) is 10.6 Å². The summed E-state index contributed by atoms with van der Waals surface area (Å²) in [5, 5.41) is 5.21. The van der Waals surface area contributed by atoms with Gasteiger partial charge in [0.25, 0.3) is 5.91 Å². The largest absolute Gasteiger partial charge is 0.380 e. The van der Waals surface area contributed by atoms with Crippen LogP contribution in [-0.4, -0.2) is 38.8 Å². The Morgan fingerprint density at radius 1 is 1.04 bits per heavy atom. The van der Waals surface area contributed by atoms with Gasteiger partial charge < -0.3 is 20.1 Å². The van der Waals surface area contributed by atoms with Gasteiger partial charge in [-0.2, -0.15) is 0 Å². The van der Waals surface area contributed by atoms with Crippen molar-refractivity contribution in [2.45, 2.75) is 33.1 Å². The van der Waals surface area contributed by atoms with Crippen molar-refractivity contribution in [3.8, 4) is 0 Å². The number of methoxy groups -OCH3 is 1. The molecule has 28 heavy (non-hydrogen) atoms. The minimum atomic E-state index is -0.499. The molecular weight excluding hydrogens is 356 g/mol. The van der Waals surface area contributed by atoms with Gasteiger partial charge in [0.1, 0.15) is 6.23 Å². The summed E-state index contributed by atoms with van der Waals surface area (Å²) in [7, 11) is 1.70. The number of hydrogen-bond donors (Lipinski definition) is 2. The van der Waals surface area contributed by atoms with Crippen molar-refractivity contribution < 1.29 is 19.1 Å². The van der Waals surface area contributed by atoms with Crippen molar-refractivity contribution in [2.24, 2.45) is 0 Å². The number of amides is 2. The number of carbonyl (C=O) groups is 2. The first-order valence-electron chi connectivity index (χ1n) is 9.35. The van der Waals surface area contributed by atoms with Gasteiger partial charge >= 0.3 is 0 Å². The zero-order valence-corrected chi connectivity index (χ0v) is 16.8. The van der Waals surface area contributed by atoms with Crippen molar-refractivity contribution in [3.63, 3.8) is 0 Å². The van der Waals surface area contributed by atoms with Gasteiger partial charge in [-0.25, -0.2) is 0 Å². The third kappa shape index (κ3) is 9.30. The molecular formula is C22H30N2O4. The van der Waals surface area contributed by atoms with Crippen LogP contribution >= 0.6 is 0 Å². The number of carbonyl (C=O) groups excluding carboxylic acids is 2. The number of ether oxygens (including phenoxy) is 2. The van der Waals surface area contributed by atoms with Crippen LogP contribution in [0.25, 0.3) is 0 Å². The van der Waals surface area contributed by atoms with E-state index in [1.54, 1.807) is 19.2 Å². The monoisotopic (exact) mass is 386 g/mol. The first-order valence-corrected chi connectivity index (χ1v) is 9.35. The molecule has 1 unspecified atom stereocenters. The summed E-state index contributed by atoms with van der Waals surface area (Å²) in [4.78, 5) is 22.2. The molecule has 6 heteroatoms. The van der Waals surface area contributed by atoms with Gasteiger partial charge in [0.05, 0.1) is 13.2 Å². The highest BCUT2D eigenvalue weighted by Crippen LogP contribution is 2.05. The van der Waals surface area contributed by atoms with E-state index >= 15 is 0 Å². The molecule has 2 aromatic rings. The lowest BCUT2D eigenvalue weighted by Crippen LogP contribution is -2.42. The Hall–Kier alpha value is -2.70. The summed E-state index contributed by atoms with van der Waals surface area (Å²) in [6.07, 6.45) is 1.00. The number of nitrogens with one attached hydrogen (secondary N) is 2. The molecule has 0 radical (unpaired) electrons. The van der Waals surface area contributed by atoms with Gasteiger partial charge in [0.2, 0.25) is 6.41 Å². The lowest BCUT2D eigenvalue weighted by atomic mass is 10.1. The standard InChI is InChI=1S/C14H20N2O3.C8H10O/c1-3-11-5-7-12(8-6-11)14(18)15-9-13(16-10-17)19-4-2;1-9-7-8-5-3-2-4-6-8/h5-8,10,13H,3-4,9H2,1-2H3,(H,15,18)(H,16,17);2-6H,7H2,1H3.